The van der Waals surface area contributed by atoms with Crippen LogP contribution < -0.4 is 16.4 Å². The van der Waals surface area contributed by atoms with Crippen molar-refractivity contribution in [3.8, 4) is 0 Å². The van der Waals surface area contributed by atoms with Crippen molar-refractivity contribution in [3.63, 3.8) is 0 Å². The molecule has 2 amide bonds. The molecule has 4 N–H and O–H groups in total. The summed E-state index contributed by atoms with van der Waals surface area (Å²) in [6.45, 7) is 3.49. The predicted octanol–water partition coefficient (Wildman–Crippen LogP) is 1.14. The number of carbonyl (C=O) groups is 2. The summed E-state index contributed by atoms with van der Waals surface area (Å²) < 4.78 is 11.8. The molecule has 1 unspecified atom stereocenters. The maximum atomic E-state index is 13.0. The molecule has 3 heterocycles. The second-order valence-electron chi connectivity index (χ2n) is 6.51. The first-order valence-electron chi connectivity index (χ1n) is 9.15. The Kier molecular flexibility index (Phi) is 6.38. The number of anilines is 1. The SMILES string of the molecule is CC(=O)NCCOC(NC(=O)c1cncnc1)(c1ccco1)c1ncc(N)cc1C. The highest BCUT2D eigenvalue weighted by Crippen LogP contribution is 2.33. The van der Waals surface area contributed by atoms with E-state index in [0.29, 0.717) is 22.7 Å². The number of furan rings is 1. The minimum atomic E-state index is -1.58. The molecule has 0 saturated heterocycles. The van der Waals surface area contributed by atoms with E-state index in [-0.39, 0.29) is 24.6 Å². The number of nitrogen functional groups attached to an aromatic ring is 1. The van der Waals surface area contributed by atoms with Gasteiger partial charge in [-0.2, -0.15) is 0 Å². The lowest BCUT2D eigenvalue weighted by atomic mass is 10.00. The molecule has 1 atom stereocenters. The topological polar surface area (TPSA) is 145 Å². The van der Waals surface area contributed by atoms with Gasteiger partial charge in [0.2, 0.25) is 11.6 Å². The first-order chi connectivity index (χ1) is 14.4. The standard InChI is InChI=1S/C20H22N6O4/c1-13-8-16(21)11-25-18(13)20(17-4-3-6-29-17,30-7-5-24-14(2)27)26-19(28)15-9-22-12-23-10-15/h3-4,6,8-12H,5,7,21H2,1-2H3,(H,24,27)(H,26,28). The fourth-order valence-corrected chi connectivity index (χ4v) is 2.94. The zero-order valence-corrected chi connectivity index (χ0v) is 16.6. The number of nitrogens with two attached hydrogens (primary N) is 1. The number of ether oxygens (including phenoxy) is 1. The third kappa shape index (κ3) is 4.61. The number of hydrogen-bond donors (Lipinski definition) is 3. The maximum absolute atomic E-state index is 13.0. The van der Waals surface area contributed by atoms with Gasteiger partial charge in [0.15, 0.2) is 5.76 Å². The average molecular weight is 410 g/mol. The summed E-state index contributed by atoms with van der Waals surface area (Å²) in [5, 5.41) is 5.52. The first kappa shape index (κ1) is 20.9. The molecule has 10 nitrogen and oxygen atoms in total. The van der Waals surface area contributed by atoms with Gasteiger partial charge in [-0.05, 0) is 30.7 Å². The van der Waals surface area contributed by atoms with Gasteiger partial charge < -0.3 is 25.5 Å². The van der Waals surface area contributed by atoms with Crippen molar-refractivity contribution in [2.24, 2.45) is 0 Å². The summed E-state index contributed by atoms with van der Waals surface area (Å²) in [6, 6.07) is 5.05. The van der Waals surface area contributed by atoms with Crippen molar-refractivity contribution in [1.29, 1.82) is 0 Å². The fraction of sp³-hybridized carbons (Fsp3) is 0.250. The summed E-state index contributed by atoms with van der Waals surface area (Å²) in [7, 11) is 0. The third-order valence-corrected chi connectivity index (χ3v) is 4.21. The Morgan fingerprint density at radius 1 is 1.27 bits per heavy atom. The van der Waals surface area contributed by atoms with Crippen LogP contribution in [0, 0.1) is 6.92 Å². The van der Waals surface area contributed by atoms with Crippen LogP contribution in [0.4, 0.5) is 5.69 Å². The van der Waals surface area contributed by atoms with Gasteiger partial charge in [-0.15, -0.1) is 0 Å². The summed E-state index contributed by atoms with van der Waals surface area (Å²) in [5.41, 5.74) is 6.04. The maximum Gasteiger partial charge on any atom is 0.257 e. The smallest absolute Gasteiger partial charge is 0.257 e. The summed E-state index contributed by atoms with van der Waals surface area (Å²) >= 11 is 0. The second-order valence-corrected chi connectivity index (χ2v) is 6.51. The highest BCUT2D eigenvalue weighted by atomic mass is 16.5. The number of amides is 2. The molecular formula is C20H22N6O4. The van der Waals surface area contributed by atoms with Gasteiger partial charge in [0.1, 0.15) is 12.0 Å². The monoisotopic (exact) mass is 410 g/mol. The van der Waals surface area contributed by atoms with Gasteiger partial charge in [0.05, 0.1) is 30.3 Å². The highest BCUT2D eigenvalue weighted by Gasteiger charge is 2.43. The van der Waals surface area contributed by atoms with Crippen molar-refractivity contribution in [1.82, 2.24) is 25.6 Å². The Balaban J connectivity index is 2.06. The van der Waals surface area contributed by atoms with Gasteiger partial charge in [-0.25, -0.2) is 9.97 Å². The molecule has 10 heteroatoms. The van der Waals surface area contributed by atoms with Crippen LogP contribution in [0.5, 0.6) is 0 Å². The Morgan fingerprint density at radius 2 is 2.03 bits per heavy atom. The third-order valence-electron chi connectivity index (χ3n) is 4.21. The molecule has 30 heavy (non-hydrogen) atoms. The van der Waals surface area contributed by atoms with Gasteiger partial charge in [0.25, 0.3) is 5.91 Å². The molecule has 0 radical (unpaired) electrons. The van der Waals surface area contributed by atoms with Crippen LogP contribution in [-0.2, 0) is 15.3 Å². The summed E-state index contributed by atoms with van der Waals surface area (Å²) in [5.74, 6) is -0.394. The van der Waals surface area contributed by atoms with Crippen molar-refractivity contribution in [2.45, 2.75) is 19.6 Å². The molecule has 0 aliphatic heterocycles. The molecule has 0 bridgehead atoms. The summed E-state index contributed by atoms with van der Waals surface area (Å²) in [6.07, 6.45) is 7.03. The number of carbonyl (C=O) groups excluding carboxylic acids is 2. The van der Waals surface area contributed by atoms with E-state index in [0.717, 1.165) is 0 Å². The van der Waals surface area contributed by atoms with Crippen molar-refractivity contribution >= 4 is 17.5 Å². The normalized spacial score (nSPS) is 12.7. The van der Waals surface area contributed by atoms with Gasteiger partial charge in [-0.3, -0.25) is 14.6 Å². The molecule has 0 aliphatic carbocycles. The Morgan fingerprint density at radius 3 is 2.67 bits per heavy atom. The molecule has 0 aliphatic rings. The molecule has 0 fully saturated rings. The molecule has 156 valence electrons. The molecule has 3 rings (SSSR count). The van der Waals surface area contributed by atoms with Crippen molar-refractivity contribution in [3.05, 3.63) is 72.0 Å². The van der Waals surface area contributed by atoms with E-state index in [1.165, 1.54) is 38.1 Å². The zero-order valence-electron chi connectivity index (χ0n) is 16.6. The van der Waals surface area contributed by atoms with Gasteiger partial charge in [0, 0.05) is 25.9 Å². The van der Waals surface area contributed by atoms with E-state index in [9.17, 15) is 9.59 Å². The molecular weight excluding hydrogens is 388 g/mol. The number of rotatable bonds is 8. The Labute approximate surface area is 172 Å². The Bertz CT molecular complexity index is 1010. The lowest BCUT2D eigenvalue weighted by Crippen LogP contribution is -2.50. The average Bonchev–Trinajstić information content (AvgIpc) is 3.26. The van der Waals surface area contributed by atoms with Crippen LogP contribution in [-0.4, -0.2) is 39.9 Å². The van der Waals surface area contributed by atoms with Crippen molar-refractivity contribution in [2.75, 3.05) is 18.9 Å². The number of aromatic nitrogens is 3. The number of nitrogens with one attached hydrogen (secondary N) is 2. The molecule has 3 aromatic heterocycles. The number of nitrogens with zero attached hydrogens (tertiary/aromatic N) is 3. The Hall–Kier alpha value is -3.79. The van der Waals surface area contributed by atoms with Crippen LogP contribution in [0.2, 0.25) is 0 Å². The van der Waals surface area contributed by atoms with E-state index >= 15 is 0 Å². The fourth-order valence-electron chi connectivity index (χ4n) is 2.94. The minimum absolute atomic E-state index is 0.0668. The molecule has 0 saturated carbocycles. The zero-order chi connectivity index (χ0) is 21.6. The van der Waals surface area contributed by atoms with E-state index in [1.54, 1.807) is 25.1 Å². The van der Waals surface area contributed by atoms with Crippen LogP contribution in [0.1, 0.15) is 34.3 Å². The van der Waals surface area contributed by atoms with Crippen LogP contribution in [0.3, 0.4) is 0 Å². The van der Waals surface area contributed by atoms with Gasteiger partial charge >= 0.3 is 0 Å². The highest BCUT2D eigenvalue weighted by molar-refractivity contribution is 5.94. The lowest BCUT2D eigenvalue weighted by molar-refractivity contribution is -0.119. The summed E-state index contributed by atoms with van der Waals surface area (Å²) in [4.78, 5) is 36.4. The van der Waals surface area contributed by atoms with Gasteiger partial charge in [-0.1, -0.05) is 0 Å². The quantitative estimate of drug-likeness (QED) is 0.370. The van der Waals surface area contributed by atoms with E-state index in [2.05, 4.69) is 25.6 Å². The lowest BCUT2D eigenvalue weighted by Gasteiger charge is -2.33. The van der Waals surface area contributed by atoms with Crippen LogP contribution in [0.15, 0.2) is 53.8 Å². The molecule has 3 aromatic rings. The van der Waals surface area contributed by atoms with Crippen LogP contribution >= 0.6 is 0 Å². The number of aryl methyl sites for hydroxylation is 1. The van der Waals surface area contributed by atoms with E-state index in [1.807, 2.05) is 0 Å². The number of pyridine rings is 1. The predicted molar refractivity (Wildman–Crippen MR) is 107 cm³/mol. The van der Waals surface area contributed by atoms with Crippen LogP contribution in [0.25, 0.3) is 0 Å². The first-order valence-corrected chi connectivity index (χ1v) is 9.15. The largest absolute Gasteiger partial charge is 0.464 e. The number of hydrogen-bond acceptors (Lipinski definition) is 8. The second kappa shape index (κ2) is 9.14. The van der Waals surface area contributed by atoms with Crippen molar-refractivity contribution < 1.29 is 18.7 Å². The van der Waals surface area contributed by atoms with E-state index in [4.69, 9.17) is 14.9 Å². The molecule has 0 spiro atoms. The van der Waals surface area contributed by atoms with E-state index < -0.39 is 11.6 Å². The molecule has 0 aromatic carbocycles. The minimum Gasteiger partial charge on any atom is -0.464 e.